The van der Waals surface area contributed by atoms with Gasteiger partial charge < -0.3 is 42.7 Å². The van der Waals surface area contributed by atoms with Crippen molar-refractivity contribution in [2.45, 2.75) is 83.1 Å². The summed E-state index contributed by atoms with van der Waals surface area (Å²) in [6, 6.07) is -5.33. The molecule has 10 N–H and O–H groups in total. The third-order valence-corrected chi connectivity index (χ3v) is 4.70. The average molecular weight is 476 g/mol. The van der Waals surface area contributed by atoms with Gasteiger partial charge in [-0.2, -0.15) is 0 Å². The molecule has 0 aliphatic heterocycles. The molecule has 0 saturated carbocycles. The highest BCUT2D eigenvalue weighted by atomic mass is 16.4. The van der Waals surface area contributed by atoms with Crippen molar-refractivity contribution in [3.05, 3.63) is 0 Å². The van der Waals surface area contributed by atoms with Crippen molar-refractivity contribution < 1.29 is 39.3 Å². The quantitative estimate of drug-likeness (QED) is 0.113. The Morgan fingerprint density at radius 3 is 1.85 bits per heavy atom. The number of aliphatic hydroxyl groups is 1. The normalized spacial score (nSPS) is 15.6. The molecule has 5 atom stereocenters. The van der Waals surface area contributed by atoms with Crippen molar-refractivity contribution >= 4 is 29.7 Å². The molecule has 0 aliphatic carbocycles. The Hall–Kier alpha value is -2.77. The monoisotopic (exact) mass is 475 g/mol. The topological polar surface area (TPSA) is 234 Å². The lowest BCUT2D eigenvalue weighted by Gasteiger charge is -2.25. The zero-order chi connectivity index (χ0) is 25.7. The van der Waals surface area contributed by atoms with E-state index in [1.165, 1.54) is 6.92 Å². The molecule has 0 heterocycles. The Balaban J connectivity index is 5.51. The summed E-state index contributed by atoms with van der Waals surface area (Å²) in [4.78, 5) is 60.2. The molecule has 0 aliphatic rings. The number of carboxylic acids is 2. The second-order valence-corrected chi connectivity index (χ2v) is 8.31. The molecule has 190 valence electrons. The summed E-state index contributed by atoms with van der Waals surface area (Å²) in [6.45, 7) is 5.19. The van der Waals surface area contributed by atoms with Crippen molar-refractivity contribution in [1.82, 2.24) is 16.0 Å². The molecule has 5 unspecified atom stereocenters. The molecule has 13 nitrogen and oxygen atoms in total. The maximum absolute atomic E-state index is 12.8. The third-order valence-electron chi connectivity index (χ3n) is 4.70. The van der Waals surface area contributed by atoms with Crippen molar-refractivity contribution in [2.24, 2.45) is 17.4 Å². The summed E-state index contributed by atoms with van der Waals surface area (Å²) in [5.74, 6) is -5.29. The lowest BCUT2D eigenvalue weighted by Crippen LogP contribution is -2.58. The van der Waals surface area contributed by atoms with Gasteiger partial charge in [0, 0.05) is 0 Å². The fraction of sp³-hybridized carbons (Fsp3) is 0.750. The minimum absolute atomic E-state index is 0.0710. The molecular weight excluding hydrogens is 438 g/mol. The van der Waals surface area contributed by atoms with Crippen LogP contribution in [0.3, 0.4) is 0 Å². The van der Waals surface area contributed by atoms with E-state index in [-0.39, 0.29) is 12.3 Å². The minimum Gasteiger partial charge on any atom is -0.481 e. The van der Waals surface area contributed by atoms with Gasteiger partial charge in [0.15, 0.2) is 6.04 Å². The second kappa shape index (κ2) is 15.1. The molecule has 0 fully saturated rings. The molecule has 0 spiro atoms. The van der Waals surface area contributed by atoms with Crippen molar-refractivity contribution in [2.75, 3.05) is 6.54 Å². The van der Waals surface area contributed by atoms with Gasteiger partial charge in [0.1, 0.15) is 12.1 Å². The standard InChI is InChI=1S/C20H37N5O8/c1-10(2)8-12(22)17(29)24-14(9-15(27)28)19(31)23-13(6-4-5-7-21)18(30)25-16(11(3)26)20(32)33/h10-14,16,26H,4-9,21-22H2,1-3H3,(H,23,31)(H,24,29)(H,25,30)(H,27,28)(H,32,33). The van der Waals surface area contributed by atoms with Crippen LogP contribution in [0.25, 0.3) is 0 Å². The van der Waals surface area contributed by atoms with E-state index in [9.17, 15) is 29.1 Å². The van der Waals surface area contributed by atoms with Crippen LogP contribution in [0.2, 0.25) is 0 Å². The van der Waals surface area contributed by atoms with Gasteiger partial charge >= 0.3 is 11.9 Å². The number of carbonyl (C=O) groups excluding carboxylic acids is 3. The Kier molecular flexibility index (Phi) is 13.9. The molecule has 0 rings (SSSR count). The summed E-state index contributed by atoms with van der Waals surface area (Å²) in [6.07, 6.45) is -0.870. The van der Waals surface area contributed by atoms with Gasteiger partial charge in [-0.3, -0.25) is 19.2 Å². The lowest BCUT2D eigenvalue weighted by molar-refractivity contribution is -0.145. The van der Waals surface area contributed by atoms with E-state index in [0.717, 1.165) is 0 Å². The molecule has 0 aromatic rings. The first-order valence-corrected chi connectivity index (χ1v) is 10.8. The van der Waals surface area contributed by atoms with Crippen LogP contribution in [0, 0.1) is 5.92 Å². The van der Waals surface area contributed by atoms with Crippen LogP contribution in [0.1, 0.15) is 52.9 Å². The van der Waals surface area contributed by atoms with Gasteiger partial charge in [0.05, 0.1) is 18.6 Å². The zero-order valence-corrected chi connectivity index (χ0v) is 19.2. The number of hydrogen-bond donors (Lipinski definition) is 8. The number of hydrogen-bond acceptors (Lipinski definition) is 8. The van der Waals surface area contributed by atoms with Crippen molar-refractivity contribution in [3.63, 3.8) is 0 Å². The van der Waals surface area contributed by atoms with E-state index in [4.69, 9.17) is 21.7 Å². The zero-order valence-electron chi connectivity index (χ0n) is 19.2. The molecule has 0 aromatic heterocycles. The van der Waals surface area contributed by atoms with Crippen LogP contribution < -0.4 is 27.4 Å². The van der Waals surface area contributed by atoms with Gasteiger partial charge in [0.25, 0.3) is 0 Å². The number of amides is 3. The van der Waals surface area contributed by atoms with Gasteiger partial charge in [-0.05, 0) is 45.1 Å². The smallest absolute Gasteiger partial charge is 0.328 e. The number of rotatable bonds is 16. The van der Waals surface area contributed by atoms with E-state index in [0.29, 0.717) is 25.8 Å². The van der Waals surface area contributed by atoms with E-state index >= 15 is 0 Å². The van der Waals surface area contributed by atoms with Crippen LogP contribution in [0.4, 0.5) is 0 Å². The molecule has 0 aromatic carbocycles. The van der Waals surface area contributed by atoms with Crippen LogP contribution >= 0.6 is 0 Å². The number of carbonyl (C=O) groups is 5. The number of aliphatic hydroxyl groups excluding tert-OH is 1. The highest BCUT2D eigenvalue weighted by molar-refractivity contribution is 5.95. The summed E-state index contributed by atoms with van der Waals surface area (Å²) in [7, 11) is 0. The summed E-state index contributed by atoms with van der Waals surface area (Å²) in [5, 5.41) is 34.7. The van der Waals surface area contributed by atoms with Crippen LogP contribution in [-0.2, 0) is 24.0 Å². The fourth-order valence-corrected chi connectivity index (χ4v) is 2.95. The summed E-state index contributed by atoms with van der Waals surface area (Å²) in [5.41, 5.74) is 11.2. The number of unbranched alkanes of at least 4 members (excludes halogenated alkanes) is 1. The third kappa shape index (κ3) is 12.2. The molecule has 0 bridgehead atoms. The average Bonchev–Trinajstić information content (AvgIpc) is 2.69. The Labute approximate surface area is 192 Å². The Bertz CT molecular complexity index is 685. The van der Waals surface area contributed by atoms with Gasteiger partial charge in [-0.25, -0.2) is 4.79 Å². The molecule has 3 amide bonds. The summed E-state index contributed by atoms with van der Waals surface area (Å²) >= 11 is 0. The highest BCUT2D eigenvalue weighted by Gasteiger charge is 2.32. The number of nitrogens with two attached hydrogens (primary N) is 2. The molecule has 33 heavy (non-hydrogen) atoms. The molecule has 0 radical (unpaired) electrons. The van der Waals surface area contributed by atoms with E-state index < -0.39 is 66.4 Å². The number of nitrogens with one attached hydrogen (secondary N) is 3. The van der Waals surface area contributed by atoms with E-state index in [2.05, 4.69) is 16.0 Å². The number of carboxylic acid groups (broad SMARTS) is 2. The maximum Gasteiger partial charge on any atom is 0.328 e. The molecule has 13 heteroatoms. The first-order chi connectivity index (χ1) is 15.3. The predicted octanol–water partition coefficient (Wildman–Crippen LogP) is -2.12. The SMILES string of the molecule is CC(C)CC(N)C(=O)NC(CC(=O)O)C(=O)NC(CCCCN)C(=O)NC(C(=O)O)C(C)O. The fourth-order valence-electron chi connectivity index (χ4n) is 2.95. The molecule has 0 saturated heterocycles. The van der Waals surface area contributed by atoms with Crippen molar-refractivity contribution in [3.8, 4) is 0 Å². The van der Waals surface area contributed by atoms with E-state index in [1.807, 2.05) is 13.8 Å². The predicted molar refractivity (Wildman–Crippen MR) is 118 cm³/mol. The maximum atomic E-state index is 12.8. The first kappa shape index (κ1) is 30.2. The minimum atomic E-state index is -1.62. The highest BCUT2D eigenvalue weighted by Crippen LogP contribution is 2.06. The van der Waals surface area contributed by atoms with E-state index in [1.54, 1.807) is 0 Å². The second-order valence-electron chi connectivity index (χ2n) is 8.31. The van der Waals surface area contributed by atoms with Crippen LogP contribution in [0.5, 0.6) is 0 Å². The van der Waals surface area contributed by atoms with Gasteiger partial charge in [0.2, 0.25) is 17.7 Å². The Morgan fingerprint density at radius 1 is 0.848 bits per heavy atom. The molecular formula is C20H37N5O8. The first-order valence-electron chi connectivity index (χ1n) is 10.8. The largest absolute Gasteiger partial charge is 0.481 e. The summed E-state index contributed by atoms with van der Waals surface area (Å²) < 4.78 is 0. The van der Waals surface area contributed by atoms with Crippen LogP contribution in [-0.4, -0.2) is 81.8 Å². The van der Waals surface area contributed by atoms with Crippen LogP contribution in [0.15, 0.2) is 0 Å². The Morgan fingerprint density at radius 2 is 1.39 bits per heavy atom. The van der Waals surface area contributed by atoms with Gasteiger partial charge in [-0.15, -0.1) is 0 Å². The number of aliphatic carboxylic acids is 2. The lowest BCUT2D eigenvalue weighted by atomic mass is 10.0. The van der Waals surface area contributed by atoms with Crippen molar-refractivity contribution in [1.29, 1.82) is 0 Å². The van der Waals surface area contributed by atoms with Gasteiger partial charge in [-0.1, -0.05) is 13.8 Å².